The number of rotatable bonds is 3. The van der Waals surface area contributed by atoms with Gasteiger partial charge in [-0.15, -0.1) is 0 Å². The van der Waals surface area contributed by atoms with Gasteiger partial charge >= 0.3 is 0 Å². The van der Waals surface area contributed by atoms with Gasteiger partial charge in [-0.1, -0.05) is 18.0 Å². The molecule has 3 rings (SSSR count). The number of guanidine groups is 1. The maximum Gasteiger partial charge on any atom is 0.223 e. The average molecular weight is 291 g/mol. The third kappa shape index (κ3) is 3.19. The SMILES string of the molecule is CCNC(=NCc1noc(C)n1)N1CCC2(CCCC2)C1. The van der Waals surface area contributed by atoms with Gasteiger partial charge in [-0.3, -0.25) is 0 Å². The van der Waals surface area contributed by atoms with Gasteiger partial charge in [-0.05, 0) is 31.6 Å². The zero-order valence-electron chi connectivity index (χ0n) is 13.1. The Morgan fingerprint density at radius 2 is 2.19 bits per heavy atom. The van der Waals surface area contributed by atoms with Crippen molar-refractivity contribution in [2.24, 2.45) is 10.4 Å². The molecule has 6 nitrogen and oxygen atoms in total. The molecule has 116 valence electrons. The number of likely N-dealkylation sites (tertiary alicyclic amines) is 1. The molecule has 1 aromatic rings. The first-order valence-corrected chi connectivity index (χ1v) is 8.03. The summed E-state index contributed by atoms with van der Waals surface area (Å²) in [4.78, 5) is 11.3. The summed E-state index contributed by atoms with van der Waals surface area (Å²) in [5, 5.41) is 7.30. The molecule has 2 fully saturated rings. The summed E-state index contributed by atoms with van der Waals surface area (Å²) in [6.45, 7) is 7.52. The van der Waals surface area contributed by atoms with Crippen molar-refractivity contribution in [1.82, 2.24) is 20.4 Å². The third-order valence-electron chi connectivity index (χ3n) is 4.68. The highest BCUT2D eigenvalue weighted by Gasteiger charge is 2.41. The molecule has 0 bridgehead atoms. The molecule has 1 saturated carbocycles. The third-order valence-corrected chi connectivity index (χ3v) is 4.68. The normalized spacial score (nSPS) is 21.4. The number of aromatic nitrogens is 2. The molecule has 1 saturated heterocycles. The van der Waals surface area contributed by atoms with Gasteiger partial charge in [-0.25, -0.2) is 4.99 Å². The van der Waals surface area contributed by atoms with Gasteiger partial charge in [0.1, 0.15) is 6.54 Å². The van der Waals surface area contributed by atoms with Crippen molar-refractivity contribution in [3.8, 4) is 0 Å². The van der Waals surface area contributed by atoms with Crippen LogP contribution in [-0.2, 0) is 6.54 Å². The van der Waals surface area contributed by atoms with Crippen LogP contribution < -0.4 is 5.32 Å². The van der Waals surface area contributed by atoms with Crippen molar-refractivity contribution < 1.29 is 4.52 Å². The van der Waals surface area contributed by atoms with Crippen molar-refractivity contribution in [2.45, 2.75) is 52.5 Å². The highest BCUT2D eigenvalue weighted by molar-refractivity contribution is 5.80. The quantitative estimate of drug-likeness (QED) is 0.682. The van der Waals surface area contributed by atoms with Crippen molar-refractivity contribution in [3.63, 3.8) is 0 Å². The van der Waals surface area contributed by atoms with Crippen LogP contribution in [0.1, 0.15) is 50.7 Å². The molecule has 1 aliphatic carbocycles. The molecule has 0 unspecified atom stereocenters. The molecule has 2 heterocycles. The predicted octanol–water partition coefficient (Wildman–Crippen LogP) is 2.11. The Morgan fingerprint density at radius 3 is 2.86 bits per heavy atom. The first kappa shape index (κ1) is 14.4. The lowest BCUT2D eigenvalue weighted by atomic mass is 9.86. The molecule has 0 radical (unpaired) electrons. The van der Waals surface area contributed by atoms with E-state index < -0.39 is 0 Å². The molecular weight excluding hydrogens is 266 g/mol. The van der Waals surface area contributed by atoms with Crippen molar-refractivity contribution >= 4 is 5.96 Å². The van der Waals surface area contributed by atoms with E-state index in [9.17, 15) is 0 Å². The summed E-state index contributed by atoms with van der Waals surface area (Å²) in [7, 11) is 0. The van der Waals surface area contributed by atoms with Crippen LogP contribution in [0, 0.1) is 12.3 Å². The summed E-state index contributed by atoms with van der Waals surface area (Å²) in [5.74, 6) is 2.23. The number of hydrogen-bond donors (Lipinski definition) is 1. The lowest BCUT2D eigenvalue weighted by Crippen LogP contribution is -2.41. The Hall–Kier alpha value is -1.59. The van der Waals surface area contributed by atoms with Crippen LogP contribution in [0.5, 0.6) is 0 Å². The second kappa shape index (κ2) is 6.03. The summed E-state index contributed by atoms with van der Waals surface area (Å²) in [6.07, 6.45) is 6.85. The molecule has 2 aliphatic rings. The van der Waals surface area contributed by atoms with Gasteiger partial charge in [-0.2, -0.15) is 4.98 Å². The van der Waals surface area contributed by atoms with Crippen molar-refractivity contribution in [2.75, 3.05) is 19.6 Å². The molecule has 6 heteroatoms. The molecule has 1 N–H and O–H groups in total. The number of hydrogen-bond acceptors (Lipinski definition) is 4. The Kier molecular flexibility index (Phi) is 4.12. The first-order valence-electron chi connectivity index (χ1n) is 8.03. The Balaban J connectivity index is 1.66. The van der Waals surface area contributed by atoms with E-state index in [0.717, 1.165) is 25.6 Å². The Morgan fingerprint density at radius 1 is 1.38 bits per heavy atom. The fourth-order valence-corrected chi connectivity index (χ4v) is 3.63. The van der Waals surface area contributed by atoms with E-state index in [1.165, 1.54) is 32.1 Å². The van der Waals surface area contributed by atoms with Gasteiger partial charge in [0.05, 0.1) is 0 Å². The minimum atomic E-state index is 0.475. The van der Waals surface area contributed by atoms with Gasteiger partial charge in [0.25, 0.3) is 0 Å². The van der Waals surface area contributed by atoms with Crippen LogP contribution in [-0.4, -0.2) is 40.6 Å². The minimum absolute atomic E-state index is 0.475. The molecule has 1 spiro atoms. The average Bonchev–Trinajstić information content (AvgIpc) is 3.19. The van der Waals surface area contributed by atoms with E-state index >= 15 is 0 Å². The summed E-state index contributed by atoms with van der Waals surface area (Å²) in [5.41, 5.74) is 0.554. The Bertz CT molecular complexity index is 504. The van der Waals surface area contributed by atoms with Crippen LogP contribution in [0.15, 0.2) is 9.52 Å². The lowest BCUT2D eigenvalue weighted by molar-refractivity contribution is 0.309. The van der Waals surface area contributed by atoms with E-state index in [1.807, 2.05) is 0 Å². The molecule has 0 amide bonds. The van der Waals surface area contributed by atoms with Gasteiger partial charge in [0.15, 0.2) is 11.8 Å². The molecule has 0 atom stereocenters. The summed E-state index contributed by atoms with van der Waals surface area (Å²) < 4.78 is 4.99. The van der Waals surface area contributed by atoms with E-state index in [-0.39, 0.29) is 0 Å². The van der Waals surface area contributed by atoms with Crippen LogP contribution in [0.25, 0.3) is 0 Å². The smallest absolute Gasteiger partial charge is 0.223 e. The van der Waals surface area contributed by atoms with Crippen LogP contribution >= 0.6 is 0 Å². The van der Waals surface area contributed by atoms with E-state index in [4.69, 9.17) is 4.52 Å². The predicted molar refractivity (Wildman–Crippen MR) is 80.9 cm³/mol. The van der Waals surface area contributed by atoms with Crippen LogP contribution in [0.3, 0.4) is 0 Å². The minimum Gasteiger partial charge on any atom is -0.357 e. The number of nitrogens with one attached hydrogen (secondary N) is 1. The number of nitrogens with zero attached hydrogens (tertiary/aromatic N) is 4. The maximum atomic E-state index is 4.99. The molecule has 0 aromatic carbocycles. The largest absolute Gasteiger partial charge is 0.357 e. The fraction of sp³-hybridized carbons (Fsp3) is 0.800. The van der Waals surface area contributed by atoms with Crippen molar-refractivity contribution in [3.05, 3.63) is 11.7 Å². The van der Waals surface area contributed by atoms with Crippen LogP contribution in [0.2, 0.25) is 0 Å². The standard InChI is InChI=1S/C15H25N5O/c1-3-16-14(17-10-13-18-12(2)21-19-13)20-9-8-15(11-20)6-4-5-7-15/h3-11H2,1-2H3,(H,16,17). The van der Waals surface area contributed by atoms with E-state index in [2.05, 4.69) is 32.3 Å². The molecular formula is C15H25N5O. The van der Waals surface area contributed by atoms with Gasteiger partial charge in [0, 0.05) is 26.6 Å². The number of aliphatic imine (C=N–C) groups is 1. The van der Waals surface area contributed by atoms with Crippen molar-refractivity contribution in [1.29, 1.82) is 0 Å². The van der Waals surface area contributed by atoms with E-state index in [1.54, 1.807) is 6.92 Å². The first-order chi connectivity index (χ1) is 10.2. The second-order valence-corrected chi connectivity index (χ2v) is 6.28. The summed E-state index contributed by atoms with van der Waals surface area (Å²) in [6, 6.07) is 0. The zero-order chi connectivity index (χ0) is 14.7. The molecule has 21 heavy (non-hydrogen) atoms. The topological polar surface area (TPSA) is 66.5 Å². The maximum absolute atomic E-state index is 4.99. The summed E-state index contributed by atoms with van der Waals surface area (Å²) >= 11 is 0. The fourth-order valence-electron chi connectivity index (χ4n) is 3.63. The monoisotopic (exact) mass is 291 g/mol. The Labute approximate surface area is 126 Å². The van der Waals surface area contributed by atoms with Gasteiger partial charge in [0.2, 0.25) is 5.89 Å². The molecule has 1 aliphatic heterocycles. The molecule has 1 aromatic heterocycles. The highest BCUT2D eigenvalue weighted by Crippen LogP contribution is 2.45. The van der Waals surface area contributed by atoms with E-state index in [0.29, 0.717) is 23.7 Å². The van der Waals surface area contributed by atoms with Crippen LogP contribution in [0.4, 0.5) is 0 Å². The number of aryl methyl sites for hydroxylation is 1. The second-order valence-electron chi connectivity index (χ2n) is 6.28. The zero-order valence-corrected chi connectivity index (χ0v) is 13.1. The van der Waals surface area contributed by atoms with Gasteiger partial charge < -0.3 is 14.7 Å². The lowest BCUT2D eigenvalue weighted by Gasteiger charge is -2.25. The highest BCUT2D eigenvalue weighted by atomic mass is 16.5.